The Balaban J connectivity index is 2.76. The zero-order valence-corrected chi connectivity index (χ0v) is 11.0. The van der Waals surface area contributed by atoms with Crippen LogP contribution in [0.25, 0.3) is 0 Å². The third kappa shape index (κ3) is 3.47. The Hall–Kier alpha value is -0.580. The molecule has 0 saturated heterocycles. The van der Waals surface area contributed by atoms with Crippen LogP contribution in [-0.4, -0.2) is 41.9 Å². The quantitative estimate of drug-likeness (QED) is 0.826. The average molecular weight is 245 g/mol. The monoisotopic (exact) mass is 244 g/mol. The summed E-state index contributed by atoms with van der Waals surface area (Å²) in [5, 5.41) is 5.06. The van der Waals surface area contributed by atoms with Crippen LogP contribution in [-0.2, 0) is 6.54 Å². The molecule has 1 atom stereocenters. The van der Waals surface area contributed by atoms with Crippen molar-refractivity contribution in [2.75, 3.05) is 27.2 Å². The van der Waals surface area contributed by atoms with Crippen molar-refractivity contribution in [2.24, 2.45) is 5.73 Å². The molecule has 0 spiro atoms. The van der Waals surface area contributed by atoms with Gasteiger partial charge in [-0.2, -0.15) is 5.10 Å². The van der Waals surface area contributed by atoms with Gasteiger partial charge in [0.15, 0.2) is 0 Å². The van der Waals surface area contributed by atoms with Crippen LogP contribution in [0.1, 0.15) is 25.0 Å². The van der Waals surface area contributed by atoms with E-state index in [0.717, 1.165) is 30.2 Å². The summed E-state index contributed by atoms with van der Waals surface area (Å²) in [6.45, 7) is 4.64. The summed E-state index contributed by atoms with van der Waals surface area (Å²) in [6.07, 6.45) is 2.66. The fraction of sp³-hybridized carbons (Fsp3) is 0.727. The Morgan fingerprint density at radius 1 is 1.56 bits per heavy atom. The van der Waals surface area contributed by atoms with Gasteiger partial charge in [0.1, 0.15) is 0 Å². The smallest absolute Gasteiger partial charge is 0.0820 e. The van der Waals surface area contributed by atoms with Gasteiger partial charge in [0.25, 0.3) is 0 Å². The highest BCUT2D eigenvalue weighted by molar-refractivity contribution is 6.31. The molecule has 2 N–H and O–H groups in total. The van der Waals surface area contributed by atoms with Gasteiger partial charge in [0.05, 0.1) is 23.5 Å². The van der Waals surface area contributed by atoms with E-state index in [4.69, 9.17) is 17.3 Å². The second-order valence-electron chi connectivity index (χ2n) is 4.38. The van der Waals surface area contributed by atoms with Gasteiger partial charge in [-0.05, 0) is 27.1 Å². The highest BCUT2D eigenvalue weighted by Gasteiger charge is 2.15. The van der Waals surface area contributed by atoms with E-state index in [1.807, 2.05) is 18.8 Å². The summed E-state index contributed by atoms with van der Waals surface area (Å²) in [6, 6.07) is 0. The number of hydrogen-bond acceptors (Lipinski definition) is 3. The second kappa shape index (κ2) is 6.23. The Morgan fingerprint density at radius 2 is 2.25 bits per heavy atom. The first kappa shape index (κ1) is 13.5. The second-order valence-corrected chi connectivity index (χ2v) is 4.79. The standard InChI is InChI=1S/C11H21ClN4/c1-9(4-5-13)11-10(12)8-14-16(11)7-6-15(2)3/h8-9H,4-7,13H2,1-3H3. The van der Waals surface area contributed by atoms with Gasteiger partial charge in [-0.3, -0.25) is 4.68 Å². The van der Waals surface area contributed by atoms with E-state index in [0.29, 0.717) is 12.5 Å². The fourth-order valence-electron chi connectivity index (χ4n) is 1.72. The number of nitrogens with two attached hydrogens (primary N) is 1. The van der Waals surface area contributed by atoms with Crippen LogP contribution >= 0.6 is 11.6 Å². The van der Waals surface area contributed by atoms with Gasteiger partial charge in [0.2, 0.25) is 0 Å². The van der Waals surface area contributed by atoms with Crippen molar-refractivity contribution in [2.45, 2.75) is 25.8 Å². The van der Waals surface area contributed by atoms with Crippen molar-refractivity contribution < 1.29 is 0 Å². The maximum Gasteiger partial charge on any atom is 0.0820 e. The Labute approximate surface area is 102 Å². The highest BCUT2D eigenvalue weighted by atomic mass is 35.5. The molecule has 1 rings (SSSR count). The number of rotatable bonds is 6. The number of aromatic nitrogens is 2. The van der Waals surface area contributed by atoms with Crippen LogP contribution in [0.15, 0.2) is 6.20 Å². The van der Waals surface area contributed by atoms with E-state index < -0.39 is 0 Å². The molecule has 0 fully saturated rings. The lowest BCUT2D eigenvalue weighted by Gasteiger charge is -2.16. The molecular formula is C11H21ClN4. The first-order valence-electron chi connectivity index (χ1n) is 5.62. The minimum Gasteiger partial charge on any atom is -0.330 e. The molecule has 1 heterocycles. The first-order valence-corrected chi connectivity index (χ1v) is 6.00. The summed E-state index contributed by atoms with van der Waals surface area (Å²) in [5.74, 6) is 0.363. The van der Waals surface area contributed by atoms with Gasteiger partial charge >= 0.3 is 0 Å². The molecule has 0 aliphatic carbocycles. The summed E-state index contributed by atoms with van der Waals surface area (Å²) >= 11 is 6.15. The van der Waals surface area contributed by atoms with Gasteiger partial charge in [-0.15, -0.1) is 0 Å². The van der Waals surface area contributed by atoms with Crippen molar-refractivity contribution in [3.05, 3.63) is 16.9 Å². The minimum atomic E-state index is 0.363. The van der Waals surface area contributed by atoms with Crippen molar-refractivity contribution in [1.82, 2.24) is 14.7 Å². The largest absolute Gasteiger partial charge is 0.330 e. The van der Waals surface area contributed by atoms with Crippen molar-refractivity contribution in [3.8, 4) is 0 Å². The molecule has 1 unspecified atom stereocenters. The Bertz CT molecular complexity index is 322. The third-order valence-electron chi connectivity index (χ3n) is 2.66. The molecule has 0 bridgehead atoms. The van der Waals surface area contributed by atoms with E-state index in [-0.39, 0.29) is 0 Å². The van der Waals surface area contributed by atoms with Gasteiger partial charge < -0.3 is 10.6 Å². The maximum atomic E-state index is 6.15. The lowest BCUT2D eigenvalue weighted by Crippen LogP contribution is -2.21. The number of likely N-dealkylation sites (N-methyl/N-ethyl adjacent to an activating group) is 1. The first-order chi connectivity index (χ1) is 7.56. The van der Waals surface area contributed by atoms with Gasteiger partial charge in [0, 0.05) is 12.5 Å². The lowest BCUT2D eigenvalue weighted by atomic mass is 10.0. The van der Waals surface area contributed by atoms with E-state index >= 15 is 0 Å². The van der Waals surface area contributed by atoms with E-state index in [1.54, 1.807) is 6.20 Å². The van der Waals surface area contributed by atoms with E-state index in [9.17, 15) is 0 Å². The Morgan fingerprint density at radius 3 is 2.81 bits per heavy atom. The third-order valence-corrected chi connectivity index (χ3v) is 2.95. The summed E-state index contributed by atoms with van der Waals surface area (Å²) < 4.78 is 1.99. The summed E-state index contributed by atoms with van der Waals surface area (Å²) in [7, 11) is 4.10. The molecule has 1 aromatic rings. The fourth-order valence-corrected chi connectivity index (χ4v) is 2.05. The van der Waals surface area contributed by atoms with Crippen LogP contribution in [0.2, 0.25) is 5.02 Å². The van der Waals surface area contributed by atoms with E-state index in [1.165, 1.54) is 0 Å². The van der Waals surface area contributed by atoms with Gasteiger partial charge in [-0.25, -0.2) is 0 Å². The van der Waals surface area contributed by atoms with Crippen LogP contribution in [0.5, 0.6) is 0 Å². The highest BCUT2D eigenvalue weighted by Crippen LogP contribution is 2.26. The SMILES string of the molecule is CC(CCN)c1c(Cl)cnn1CCN(C)C. The zero-order chi connectivity index (χ0) is 12.1. The van der Waals surface area contributed by atoms with Gasteiger partial charge in [-0.1, -0.05) is 18.5 Å². The molecule has 1 aromatic heterocycles. The predicted molar refractivity (Wildman–Crippen MR) is 67.9 cm³/mol. The number of nitrogens with zero attached hydrogens (tertiary/aromatic N) is 3. The van der Waals surface area contributed by atoms with Crippen molar-refractivity contribution in [3.63, 3.8) is 0 Å². The molecule has 4 nitrogen and oxygen atoms in total. The summed E-state index contributed by atoms with van der Waals surface area (Å²) in [5.41, 5.74) is 6.68. The van der Waals surface area contributed by atoms with E-state index in [2.05, 4.69) is 16.9 Å². The topological polar surface area (TPSA) is 47.1 Å². The molecule has 0 amide bonds. The van der Waals surface area contributed by atoms with Crippen LogP contribution < -0.4 is 5.73 Å². The Kier molecular flexibility index (Phi) is 5.25. The molecule has 0 aromatic carbocycles. The lowest BCUT2D eigenvalue weighted by molar-refractivity contribution is 0.366. The van der Waals surface area contributed by atoms with Crippen LogP contribution in [0.4, 0.5) is 0 Å². The molecule has 16 heavy (non-hydrogen) atoms. The number of halogens is 1. The molecule has 0 saturated carbocycles. The zero-order valence-electron chi connectivity index (χ0n) is 10.3. The van der Waals surface area contributed by atoms with Crippen LogP contribution in [0.3, 0.4) is 0 Å². The molecule has 0 radical (unpaired) electrons. The molecule has 0 aliphatic rings. The maximum absolute atomic E-state index is 6.15. The average Bonchev–Trinajstić information content (AvgIpc) is 2.57. The minimum absolute atomic E-state index is 0.363. The normalized spacial score (nSPS) is 13.4. The summed E-state index contributed by atoms with van der Waals surface area (Å²) in [4.78, 5) is 2.13. The molecule has 0 aliphatic heterocycles. The number of hydrogen-bond donors (Lipinski definition) is 1. The van der Waals surface area contributed by atoms with Crippen molar-refractivity contribution in [1.29, 1.82) is 0 Å². The molecule has 5 heteroatoms. The molecular weight excluding hydrogens is 224 g/mol. The van der Waals surface area contributed by atoms with Crippen LogP contribution in [0, 0.1) is 0 Å². The van der Waals surface area contributed by atoms with Crippen molar-refractivity contribution >= 4 is 11.6 Å². The predicted octanol–water partition coefficient (Wildman–Crippen LogP) is 1.55. The molecule has 92 valence electrons.